The molecule has 0 fully saturated rings. The first-order valence-electron chi connectivity index (χ1n) is 10.7. The number of unbranched alkanes of at least 4 members (excludes halogenated alkanes) is 1. The van der Waals surface area contributed by atoms with Crippen molar-refractivity contribution in [2.75, 3.05) is 18.4 Å². The zero-order valence-electron chi connectivity index (χ0n) is 18.2. The van der Waals surface area contributed by atoms with Crippen LogP contribution in [0.25, 0.3) is 16.9 Å². The molecule has 4 rings (SSSR count). The summed E-state index contributed by atoms with van der Waals surface area (Å²) in [6.45, 7) is 0.915. The molecule has 2 aromatic heterocycles. The summed E-state index contributed by atoms with van der Waals surface area (Å²) in [7, 11) is 0. The summed E-state index contributed by atoms with van der Waals surface area (Å²) in [6.07, 6.45) is -1.49. The Morgan fingerprint density at radius 2 is 1.83 bits per heavy atom. The number of rotatable bonds is 8. The van der Waals surface area contributed by atoms with Gasteiger partial charge in [0.15, 0.2) is 5.65 Å². The van der Waals surface area contributed by atoms with Gasteiger partial charge in [-0.1, -0.05) is 35.9 Å². The molecule has 1 amide bonds. The van der Waals surface area contributed by atoms with E-state index in [0.29, 0.717) is 42.3 Å². The van der Waals surface area contributed by atoms with Crippen LogP contribution in [0.3, 0.4) is 0 Å². The number of hydrogen-bond acceptors (Lipinski definition) is 4. The smallest absolute Gasteiger partial charge is 0.370 e. The van der Waals surface area contributed by atoms with Gasteiger partial charge in [-0.25, -0.2) is 4.98 Å². The van der Waals surface area contributed by atoms with Crippen molar-refractivity contribution in [2.24, 2.45) is 0 Å². The molecule has 2 aromatic carbocycles. The van der Waals surface area contributed by atoms with E-state index in [1.807, 2.05) is 24.3 Å². The summed E-state index contributed by atoms with van der Waals surface area (Å²) in [5.41, 5.74) is 1.26. The van der Waals surface area contributed by atoms with E-state index < -0.39 is 17.6 Å². The molecule has 2 N–H and O–H groups in total. The predicted octanol–water partition coefficient (Wildman–Crippen LogP) is 6.45. The van der Waals surface area contributed by atoms with Gasteiger partial charge in [-0.3, -0.25) is 4.79 Å². The Bertz CT molecular complexity index is 1360. The molecular weight excluding hydrogens is 547 g/mol. The molecule has 0 saturated heterocycles. The number of amides is 1. The Hall–Kier alpha value is -3.11. The first kappa shape index (κ1) is 25.0. The van der Waals surface area contributed by atoms with Crippen LogP contribution < -0.4 is 10.6 Å². The van der Waals surface area contributed by atoms with Crippen LogP contribution in [0.1, 0.15) is 28.8 Å². The lowest BCUT2D eigenvalue weighted by atomic mass is 10.1. The zero-order chi connectivity index (χ0) is 25.0. The number of carbonyl (C=O) groups excluding carboxylic acids is 1. The largest absolute Gasteiger partial charge is 0.416 e. The number of nitrogens with one attached hydrogen (secondary N) is 2. The van der Waals surface area contributed by atoms with Gasteiger partial charge in [-0.15, -0.1) is 0 Å². The molecule has 0 atom stereocenters. The van der Waals surface area contributed by atoms with Crippen molar-refractivity contribution in [3.63, 3.8) is 0 Å². The molecule has 0 saturated carbocycles. The Labute approximate surface area is 212 Å². The highest BCUT2D eigenvalue weighted by Gasteiger charge is 2.30. The fourth-order valence-corrected chi connectivity index (χ4v) is 4.06. The van der Waals surface area contributed by atoms with Gasteiger partial charge in [0.25, 0.3) is 5.91 Å². The number of fused-ring (bicyclic) bond motifs is 1. The van der Waals surface area contributed by atoms with Gasteiger partial charge in [-0.2, -0.15) is 22.8 Å². The third-order valence-corrected chi connectivity index (χ3v) is 6.11. The quantitative estimate of drug-likeness (QED) is 0.240. The molecular formula is C24H20BrClF3N5O. The van der Waals surface area contributed by atoms with Crippen LogP contribution in [0.2, 0.25) is 5.02 Å². The average Bonchev–Trinajstić information content (AvgIpc) is 3.21. The van der Waals surface area contributed by atoms with E-state index in [1.54, 1.807) is 16.8 Å². The van der Waals surface area contributed by atoms with Crippen molar-refractivity contribution in [1.29, 1.82) is 0 Å². The van der Waals surface area contributed by atoms with E-state index in [-0.39, 0.29) is 5.56 Å². The minimum absolute atomic E-state index is 0.0199. The molecule has 0 unspecified atom stereocenters. The van der Waals surface area contributed by atoms with E-state index in [9.17, 15) is 18.0 Å². The molecule has 4 aromatic rings. The highest BCUT2D eigenvalue weighted by atomic mass is 79.9. The second kappa shape index (κ2) is 10.7. The van der Waals surface area contributed by atoms with Gasteiger partial charge in [-0.05, 0) is 53.0 Å². The maximum atomic E-state index is 12.8. The average molecular weight is 567 g/mol. The fourth-order valence-electron chi connectivity index (χ4n) is 3.48. The number of carbonyl (C=O) groups is 1. The highest BCUT2D eigenvalue weighted by Crippen LogP contribution is 2.31. The van der Waals surface area contributed by atoms with Gasteiger partial charge >= 0.3 is 6.18 Å². The van der Waals surface area contributed by atoms with Crippen molar-refractivity contribution >= 4 is 44.9 Å². The Balaban J connectivity index is 1.34. The fraction of sp³-hybridized carbons (Fsp3) is 0.208. The third kappa shape index (κ3) is 5.94. The number of hydrogen-bond donors (Lipinski definition) is 2. The van der Waals surface area contributed by atoms with Crippen molar-refractivity contribution in [3.05, 3.63) is 81.4 Å². The number of anilines is 1. The van der Waals surface area contributed by atoms with Gasteiger partial charge in [0.2, 0.25) is 0 Å². The summed E-state index contributed by atoms with van der Waals surface area (Å²) in [6, 6.07) is 13.7. The van der Waals surface area contributed by atoms with Crippen LogP contribution in [0.15, 0.2) is 65.3 Å². The first-order chi connectivity index (χ1) is 16.7. The van der Waals surface area contributed by atoms with Crippen LogP contribution in [0.5, 0.6) is 0 Å². The Morgan fingerprint density at radius 3 is 2.60 bits per heavy atom. The predicted molar refractivity (Wildman–Crippen MR) is 133 cm³/mol. The van der Waals surface area contributed by atoms with Crippen LogP contribution >= 0.6 is 27.5 Å². The summed E-state index contributed by atoms with van der Waals surface area (Å²) >= 11 is 9.82. The molecule has 0 spiro atoms. The van der Waals surface area contributed by atoms with Gasteiger partial charge in [0, 0.05) is 35.3 Å². The molecule has 11 heteroatoms. The summed E-state index contributed by atoms with van der Waals surface area (Å²) in [4.78, 5) is 16.9. The van der Waals surface area contributed by atoms with Crippen LogP contribution in [-0.4, -0.2) is 33.6 Å². The molecule has 0 aliphatic heterocycles. The number of benzene rings is 2. The van der Waals surface area contributed by atoms with Gasteiger partial charge in [0.05, 0.1) is 21.9 Å². The van der Waals surface area contributed by atoms with Crippen molar-refractivity contribution in [2.45, 2.75) is 19.0 Å². The summed E-state index contributed by atoms with van der Waals surface area (Å²) in [5, 5.41) is 10.9. The highest BCUT2D eigenvalue weighted by molar-refractivity contribution is 9.10. The lowest BCUT2D eigenvalue weighted by Crippen LogP contribution is -2.25. The van der Waals surface area contributed by atoms with Gasteiger partial charge < -0.3 is 10.6 Å². The maximum absolute atomic E-state index is 12.8. The lowest BCUT2D eigenvalue weighted by Gasteiger charge is -2.12. The van der Waals surface area contributed by atoms with Gasteiger partial charge in [0.1, 0.15) is 5.82 Å². The summed E-state index contributed by atoms with van der Waals surface area (Å²) < 4.78 is 41.0. The first-order valence-corrected chi connectivity index (χ1v) is 11.9. The standard InChI is InChI=1S/C24H20BrClF3N5O/c25-18-14-32-34-21(13-20(33-22(18)34)17-8-1-2-9-19(17)26)30-10-3-4-11-31-23(35)15-6-5-7-16(12-15)24(27,28)29/h1-2,5-9,12-14,30H,3-4,10-11H2,(H,31,35). The summed E-state index contributed by atoms with van der Waals surface area (Å²) in [5.74, 6) is 0.189. The molecule has 6 nitrogen and oxygen atoms in total. The second-order valence-electron chi connectivity index (χ2n) is 7.70. The monoisotopic (exact) mass is 565 g/mol. The molecule has 0 bridgehead atoms. The minimum Gasteiger partial charge on any atom is -0.370 e. The molecule has 2 heterocycles. The van der Waals surface area contributed by atoms with E-state index >= 15 is 0 Å². The molecule has 0 radical (unpaired) electrons. The van der Waals surface area contributed by atoms with E-state index in [1.165, 1.54) is 12.1 Å². The van der Waals surface area contributed by atoms with Crippen molar-refractivity contribution in [1.82, 2.24) is 19.9 Å². The number of alkyl halides is 3. The van der Waals surface area contributed by atoms with Crippen molar-refractivity contribution < 1.29 is 18.0 Å². The SMILES string of the molecule is O=C(NCCCCNc1cc(-c2ccccc2Cl)nc2c(Br)cnn12)c1cccc(C(F)(F)F)c1. The van der Waals surface area contributed by atoms with Crippen molar-refractivity contribution in [3.8, 4) is 11.3 Å². The van der Waals surface area contributed by atoms with E-state index in [0.717, 1.165) is 28.0 Å². The second-order valence-corrected chi connectivity index (χ2v) is 8.96. The molecule has 35 heavy (non-hydrogen) atoms. The minimum atomic E-state index is -4.49. The Kier molecular flexibility index (Phi) is 7.61. The molecule has 0 aliphatic carbocycles. The normalized spacial score (nSPS) is 11.6. The number of halogens is 5. The van der Waals surface area contributed by atoms with E-state index in [2.05, 4.69) is 36.6 Å². The van der Waals surface area contributed by atoms with Crippen LogP contribution in [0, 0.1) is 0 Å². The zero-order valence-corrected chi connectivity index (χ0v) is 20.6. The number of aromatic nitrogens is 3. The molecule has 0 aliphatic rings. The lowest BCUT2D eigenvalue weighted by molar-refractivity contribution is -0.137. The van der Waals surface area contributed by atoms with Crippen LogP contribution in [0.4, 0.5) is 19.0 Å². The number of nitrogens with zero attached hydrogens (tertiary/aromatic N) is 3. The van der Waals surface area contributed by atoms with E-state index in [4.69, 9.17) is 11.6 Å². The maximum Gasteiger partial charge on any atom is 0.416 e. The molecule has 182 valence electrons. The van der Waals surface area contributed by atoms with Crippen LogP contribution in [-0.2, 0) is 6.18 Å². The topological polar surface area (TPSA) is 71.3 Å². The third-order valence-electron chi connectivity index (χ3n) is 5.23. The Morgan fingerprint density at radius 1 is 1.06 bits per heavy atom.